The van der Waals surface area contributed by atoms with Crippen LogP contribution < -0.4 is 5.32 Å². The zero-order chi connectivity index (χ0) is 18.6. The summed E-state index contributed by atoms with van der Waals surface area (Å²) in [6.07, 6.45) is 5.40. The molecule has 0 spiro atoms. The Kier molecular flexibility index (Phi) is 5.46. The van der Waals surface area contributed by atoms with Crippen LogP contribution in [-0.2, 0) is 16.4 Å². The number of rotatable bonds is 6. The molecule has 3 rings (SSSR count). The quantitative estimate of drug-likeness (QED) is 0.807. The number of carbonyl (C=O) groups is 1. The molecule has 1 N–H and O–H groups in total. The van der Waals surface area contributed by atoms with Crippen molar-refractivity contribution in [3.05, 3.63) is 48.0 Å². The van der Waals surface area contributed by atoms with Crippen LogP contribution in [0.15, 0.2) is 36.8 Å². The smallest absolute Gasteiger partial charge is 0.272 e. The van der Waals surface area contributed by atoms with Crippen molar-refractivity contribution >= 4 is 21.7 Å². The minimum absolute atomic E-state index is 0.0187. The molecular weight excluding hydrogens is 354 g/mol. The Balaban J connectivity index is 1.71. The van der Waals surface area contributed by atoms with E-state index in [9.17, 15) is 13.2 Å². The summed E-state index contributed by atoms with van der Waals surface area (Å²) in [6, 6.07) is 5.01. The molecule has 0 saturated carbocycles. The molecule has 2 aromatic rings. The van der Waals surface area contributed by atoms with E-state index < -0.39 is 9.84 Å². The number of nitrogens with zero attached hydrogens (tertiary/aromatic N) is 4. The maximum atomic E-state index is 12.8. The van der Waals surface area contributed by atoms with Crippen LogP contribution in [0, 0.1) is 0 Å². The molecule has 0 radical (unpaired) electrons. The molecule has 3 heterocycles. The number of sulfone groups is 1. The van der Waals surface area contributed by atoms with Crippen LogP contribution in [0.2, 0.25) is 0 Å². The second-order valence-electron chi connectivity index (χ2n) is 6.12. The van der Waals surface area contributed by atoms with Crippen LogP contribution >= 0.6 is 0 Å². The second kappa shape index (κ2) is 7.77. The van der Waals surface area contributed by atoms with E-state index in [-0.39, 0.29) is 29.1 Å². The molecule has 1 amide bonds. The summed E-state index contributed by atoms with van der Waals surface area (Å²) < 4.78 is 23.4. The lowest BCUT2D eigenvalue weighted by molar-refractivity contribution is 0.0702. The van der Waals surface area contributed by atoms with Crippen molar-refractivity contribution in [1.82, 2.24) is 19.9 Å². The number of hydrogen-bond acceptors (Lipinski definition) is 7. The number of amides is 1. The maximum absolute atomic E-state index is 12.8. The number of hydrogen-bond donors (Lipinski definition) is 1. The van der Waals surface area contributed by atoms with E-state index in [0.717, 1.165) is 5.56 Å². The zero-order valence-electron chi connectivity index (χ0n) is 14.5. The Morgan fingerprint density at radius 3 is 2.69 bits per heavy atom. The molecule has 9 heteroatoms. The molecule has 1 atom stereocenters. The van der Waals surface area contributed by atoms with E-state index in [1.807, 2.05) is 19.1 Å². The molecule has 0 aromatic carbocycles. The molecule has 8 nitrogen and oxygen atoms in total. The normalized spacial score (nSPS) is 18.4. The van der Waals surface area contributed by atoms with Crippen LogP contribution in [0.3, 0.4) is 0 Å². The third kappa shape index (κ3) is 4.34. The molecule has 1 aliphatic rings. The fourth-order valence-electron chi connectivity index (χ4n) is 2.98. The summed E-state index contributed by atoms with van der Waals surface area (Å²) in [6.45, 7) is 2.79. The highest BCUT2D eigenvalue weighted by Crippen LogP contribution is 2.19. The third-order valence-corrected chi connectivity index (χ3v) is 6.08. The van der Waals surface area contributed by atoms with E-state index in [1.54, 1.807) is 23.4 Å². The van der Waals surface area contributed by atoms with Gasteiger partial charge in [-0.3, -0.25) is 9.78 Å². The summed E-state index contributed by atoms with van der Waals surface area (Å²) in [7, 11) is -3.06. The van der Waals surface area contributed by atoms with Gasteiger partial charge in [-0.1, -0.05) is 0 Å². The largest absolute Gasteiger partial charge is 0.350 e. The number of nitrogens with one attached hydrogen (secondary N) is 1. The minimum Gasteiger partial charge on any atom is -0.350 e. The van der Waals surface area contributed by atoms with Gasteiger partial charge in [0, 0.05) is 37.7 Å². The van der Waals surface area contributed by atoms with Gasteiger partial charge >= 0.3 is 0 Å². The fourth-order valence-corrected chi connectivity index (χ4v) is 4.71. The molecule has 26 heavy (non-hydrogen) atoms. The average molecular weight is 375 g/mol. The van der Waals surface area contributed by atoms with Crippen molar-refractivity contribution in [3.8, 4) is 0 Å². The van der Waals surface area contributed by atoms with E-state index >= 15 is 0 Å². The van der Waals surface area contributed by atoms with Crippen LogP contribution in [0.1, 0.15) is 29.4 Å². The number of aromatic nitrogens is 3. The van der Waals surface area contributed by atoms with E-state index in [1.165, 1.54) is 6.20 Å². The number of anilines is 1. The van der Waals surface area contributed by atoms with Gasteiger partial charge in [-0.2, -0.15) is 0 Å². The first-order valence-corrected chi connectivity index (χ1v) is 10.3. The lowest BCUT2D eigenvalue weighted by Crippen LogP contribution is -2.41. The van der Waals surface area contributed by atoms with Crippen molar-refractivity contribution in [3.63, 3.8) is 0 Å². The SMILES string of the molecule is CCN(C(=O)c1ccnc(NCc2ccncc2)n1)C1CCS(=O)(=O)C1. The van der Waals surface area contributed by atoms with Gasteiger partial charge < -0.3 is 10.2 Å². The topological polar surface area (TPSA) is 105 Å². The standard InChI is InChI=1S/C17H21N5O3S/c1-2-22(14-6-10-26(24,25)12-14)16(23)15-5-9-19-17(21-15)20-11-13-3-7-18-8-4-13/h3-5,7-9,14H,2,6,10-12H2,1H3,(H,19,20,21). The van der Waals surface area contributed by atoms with Crippen LogP contribution in [0.4, 0.5) is 5.95 Å². The predicted molar refractivity (Wildman–Crippen MR) is 97.4 cm³/mol. The molecule has 2 aromatic heterocycles. The van der Waals surface area contributed by atoms with Crippen LogP contribution in [0.25, 0.3) is 0 Å². The molecule has 1 saturated heterocycles. The fraction of sp³-hybridized carbons (Fsp3) is 0.412. The van der Waals surface area contributed by atoms with Gasteiger partial charge in [-0.05, 0) is 37.1 Å². The van der Waals surface area contributed by atoms with Crippen LogP contribution in [0.5, 0.6) is 0 Å². The Morgan fingerprint density at radius 1 is 1.27 bits per heavy atom. The number of carbonyl (C=O) groups excluding carboxylic acids is 1. The van der Waals surface area contributed by atoms with Gasteiger partial charge in [-0.15, -0.1) is 0 Å². The summed E-state index contributed by atoms with van der Waals surface area (Å²) in [4.78, 5) is 26.8. The Morgan fingerprint density at radius 2 is 2.04 bits per heavy atom. The first kappa shape index (κ1) is 18.2. The Bertz CT molecular complexity index is 873. The number of pyridine rings is 1. The lowest BCUT2D eigenvalue weighted by atomic mass is 10.2. The molecule has 0 bridgehead atoms. The summed E-state index contributed by atoms with van der Waals surface area (Å²) >= 11 is 0. The van der Waals surface area contributed by atoms with Crippen LogP contribution in [-0.4, -0.2) is 58.3 Å². The Hall–Kier alpha value is -2.55. The summed E-state index contributed by atoms with van der Waals surface area (Å²) in [5.74, 6) is 0.223. The van der Waals surface area contributed by atoms with Gasteiger partial charge in [-0.25, -0.2) is 18.4 Å². The van der Waals surface area contributed by atoms with Gasteiger partial charge in [0.1, 0.15) is 5.69 Å². The third-order valence-electron chi connectivity index (χ3n) is 4.33. The zero-order valence-corrected chi connectivity index (χ0v) is 15.3. The van der Waals surface area contributed by atoms with E-state index in [0.29, 0.717) is 25.5 Å². The van der Waals surface area contributed by atoms with Gasteiger partial charge in [0.2, 0.25) is 5.95 Å². The Labute approximate surface area is 152 Å². The van der Waals surface area contributed by atoms with E-state index in [4.69, 9.17) is 0 Å². The second-order valence-corrected chi connectivity index (χ2v) is 8.35. The lowest BCUT2D eigenvalue weighted by Gasteiger charge is -2.26. The summed E-state index contributed by atoms with van der Waals surface area (Å²) in [5.41, 5.74) is 1.27. The molecule has 0 aliphatic carbocycles. The molecule has 1 fully saturated rings. The first-order valence-electron chi connectivity index (χ1n) is 8.45. The highest BCUT2D eigenvalue weighted by molar-refractivity contribution is 7.91. The van der Waals surface area contributed by atoms with E-state index in [2.05, 4.69) is 20.3 Å². The van der Waals surface area contributed by atoms with Crippen molar-refractivity contribution < 1.29 is 13.2 Å². The highest BCUT2D eigenvalue weighted by Gasteiger charge is 2.34. The first-order chi connectivity index (χ1) is 12.5. The summed E-state index contributed by atoms with van der Waals surface area (Å²) in [5, 5.41) is 3.08. The monoisotopic (exact) mass is 375 g/mol. The predicted octanol–water partition coefficient (Wildman–Crippen LogP) is 1.13. The maximum Gasteiger partial charge on any atom is 0.272 e. The molecule has 1 aliphatic heterocycles. The highest BCUT2D eigenvalue weighted by atomic mass is 32.2. The van der Waals surface area contributed by atoms with Crippen molar-refractivity contribution in [2.75, 3.05) is 23.4 Å². The average Bonchev–Trinajstić information content (AvgIpc) is 3.01. The van der Waals surface area contributed by atoms with Gasteiger partial charge in [0.05, 0.1) is 11.5 Å². The van der Waals surface area contributed by atoms with Gasteiger partial charge in [0.25, 0.3) is 5.91 Å². The van der Waals surface area contributed by atoms with Crippen molar-refractivity contribution in [2.24, 2.45) is 0 Å². The molecule has 138 valence electrons. The van der Waals surface area contributed by atoms with Gasteiger partial charge in [0.15, 0.2) is 9.84 Å². The molecule has 1 unspecified atom stereocenters. The minimum atomic E-state index is -3.06. The van der Waals surface area contributed by atoms with Crippen molar-refractivity contribution in [2.45, 2.75) is 25.9 Å². The molecular formula is C17H21N5O3S. The van der Waals surface area contributed by atoms with Crippen molar-refractivity contribution in [1.29, 1.82) is 0 Å².